The fraction of sp³-hybridized carbons (Fsp3) is 0.267. The fourth-order valence-electron chi connectivity index (χ4n) is 2.57. The van der Waals surface area contributed by atoms with E-state index in [1.165, 1.54) is 16.3 Å². The van der Waals surface area contributed by atoms with E-state index in [1.54, 1.807) is 0 Å². The van der Waals surface area contributed by atoms with Crippen LogP contribution in [0.5, 0.6) is 0 Å². The third-order valence-electron chi connectivity index (χ3n) is 3.61. The molecule has 0 N–H and O–H groups in total. The van der Waals surface area contributed by atoms with Crippen LogP contribution in [0, 0.1) is 0 Å². The van der Waals surface area contributed by atoms with Gasteiger partial charge in [-0.1, -0.05) is 42.5 Å². The first-order valence-electron chi connectivity index (χ1n) is 6.11. The smallest absolute Gasteiger partial charge is 0.237 e. The van der Waals surface area contributed by atoms with Crippen LogP contribution in [-0.2, 0) is 4.79 Å². The predicted molar refractivity (Wildman–Crippen MR) is 74.0 cm³/mol. The van der Waals surface area contributed by atoms with Gasteiger partial charge >= 0.3 is 0 Å². The van der Waals surface area contributed by atoms with Crippen molar-refractivity contribution in [2.45, 2.75) is 5.92 Å². The molecule has 1 heterocycles. The molecule has 1 amide bonds. The molecule has 0 aromatic heterocycles. The van der Waals surface area contributed by atoms with Gasteiger partial charge in [0.25, 0.3) is 0 Å². The summed E-state index contributed by atoms with van der Waals surface area (Å²) >= 11 is 5.56. The van der Waals surface area contributed by atoms with Gasteiger partial charge in [0.05, 0.1) is 0 Å². The number of hydrogen-bond acceptors (Lipinski definition) is 1. The number of carbonyl (C=O) groups excluding carboxylic acids is 1. The van der Waals surface area contributed by atoms with E-state index in [4.69, 9.17) is 11.6 Å². The van der Waals surface area contributed by atoms with E-state index in [9.17, 15) is 4.79 Å². The second-order valence-corrected chi connectivity index (χ2v) is 4.96. The van der Waals surface area contributed by atoms with Crippen LogP contribution in [-0.4, -0.2) is 29.8 Å². The zero-order valence-corrected chi connectivity index (χ0v) is 10.7. The molecule has 0 bridgehead atoms. The summed E-state index contributed by atoms with van der Waals surface area (Å²) in [5, 5.41) is 2.56. The Morgan fingerprint density at radius 1 is 1.17 bits per heavy atom. The summed E-state index contributed by atoms with van der Waals surface area (Å²) in [6, 6.07) is 14.8. The van der Waals surface area contributed by atoms with Crippen LogP contribution in [0.2, 0.25) is 0 Å². The molecule has 1 saturated heterocycles. The zero-order chi connectivity index (χ0) is 12.5. The van der Waals surface area contributed by atoms with E-state index in [0.29, 0.717) is 5.92 Å². The Balaban J connectivity index is 1.87. The molecule has 0 unspecified atom stereocenters. The van der Waals surface area contributed by atoms with E-state index in [1.807, 2.05) is 4.90 Å². The summed E-state index contributed by atoms with van der Waals surface area (Å²) in [5.41, 5.74) is 1.34. The largest absolute Gasteiger partial charge is 0.340 e. The molecular weight excluding hydrogens is 246 g/mol. The number of rotatable bonds is 2. The Morgan fingerprint density at radius 2 is 1.89 bits per heavy atom. The average molecular weight is 260 g/mol. The highest BCUT2D eigenvalue weighted by molar-refractivity contribution is 6.27. The van der Waals surface area contributed by atoms with Gasteiger partial charge in [-0.2, -0.15) is 0 Å². The van der Waals surface area contributed by atoms with Crippen molar-refractivity contribution in [2.24, 2.45) is 0 Å². The lowest BCUT2D eigenvalue weighted by atomic mass is 9.88. The van der Waals surface area contributed by atoms with Gasteiger partial charge in [0.2, 0.25) is 5.91 Å². The Hall–Kier alpha value is -1.54. The van der Waals surface area contributed by atoms with Crippen LogP contribution in [0.3, 0.4) is 0 Å². The van der Waals surface area contributed by atoms with Crippen LogP contribution in [0.1, 0.15) is 11.5 Å². The van der Waals surface area contributed by atoms with Crippen molar-refractivity contribution in [3.05, 3.63) is 48.0 Å². The number of halogens is 1. The average Bonchev–Trinajstić information content (AvgIpc) is 2.37. The van der Waals surface area contributed by atoms with Crippen molar-refractivity contribution in [2.75, 3.05) is 19.0 Å². The van der Waals surface area contributed by atoms with Crippen molar-refractivity contribution in [1.82, 2.24) is 4.90 Å². The second kappa shape index (κ2) is 4.62. The zero-order valence-electron chi connectivity index (χ0n) is 9.97. The molecule has 18 heavy (non-hydrogen) atoms. The molecule has 3 rings (SSSR count). The van der Waals surface area contributed by atoms with Gasteiger partial charge in [-0.05, 0) is 16.3 Å². The van der Waals surface area contributed by atoms with Crippen LogP contribution in [0.4, 0.5) is 0 Å². The summed E-state index contributed by atoms with van der Waals surface area (Å²) in [5.74, 6) is 0.568. The quantitative estimate of drug-likeness (QED) is 0.760. The molecule has 1 fully saturated rings. The molecule has 3 heteroatoms. The molecule has 92 valence electrons. The van der Waals surface area contributed by atoms with Crippen molar-refractivity contribution in [3.63, 3.8) is 0 Å². The molecule has 0 aliphatic carbocycles. The summed E-state index contributed by atoms with van der Waals surface area (Å²) in [4.78, 5) is 13.2. The van der Waals surface area contributed by atoms with Gasteiger partial charge in [0, 0.05) is 19.0 Å². The summed E-state index contributed by atoms with van der Waals surface area (Å²) in [6.45, 7) is 1.58. The third-order valence-corrected chi connectivity index (χ3v) is 3.84. The lowest BCUT2D eigenvalue weighted by Crippen LogP contribution is -2.49. The first kappa shape index (κ1) is 11.5. The van der Waals surface area contributed by atoms with Gasteiger partial charge in [-0.25, -0.2) is 0 Å². The predicted octanol–water partition coefficient (Wildman–Crippen LogP) is 3.00. The SMILES string of the molecule is O=C(CCl)N1CC(c2cccc3ccccc23)C1. The number of alkyl halides is 1. The molecule has 1 aliphatic heterocycles. The number of nitrogens with zero attached hydrogens (tertiary/aromatic N) is 1. The number of carbonyl (C=O) groups is 1. The lowest BCUT2D eigenvalue weighted by molar-refractivity contribution is -0.132. The number of likely N-dealkylation sites (tertiary alicyclic amines) is 1. The summed E-state index contributed by atoms with van der Waals surface area (Å²) in [7, 11) is 0. The van der Waals surface area contributed by atoms with Crippen molar-refractivity contribution < 1.29 is 4.79 Å². The molecule has 0 spiro atoms. The lowest BCUT2D eigenvalue weighted by Gasteiger charge is -2.39. The highest BCUT2D eigenvalue weighted by Gasteiger charge is 2.31. The number of amides is 1. The molecule has 0 radical (unpaired) electrons. The minimum absolute atomic E-state index is 0.0353. The summed E-state index contributed by atoms with van der Waals surface area (Å²) < 4.78 is 0. The Labute approximate surface area is 111 Å². The minimum atomic E-state index is 0.0353. The molecule has 2 nitrogen and oxygen atoms in total. The van der Waals surface area contributed by atoms with Crippen molar-refractivity contribution >= 4 is 28.3 Å². The molecule has 1 aliphatic rings. The number of hydrogen-bond donors (Lipinski definition) is 0. The summed E-state index contributed by atoms with van der Waals surface area (Å²) in [6.07, 6.45) is 0. The third kappa shape index (κ3) is 1.87. The first-order valence-corrected chi connectivity index (χ1v) is 6.64. The van der Waals surface area contributed by atoms with Gasteiger partial charge in [-0.3, -0.25) is 4.79 Å². The van der Waals surface area contributed by atoms with Gasteiger partial charge in [-0.15, -0.1) is 11.6 Å². The Bertz CT molecular complexity index is 585. The van der Waals surface area contributed by atoms with Gasteiger partial charge in [0.15, 0.2) is 0 Å². The van der Waals surface area contributed by atoms with Gasteiger partial charge < -0.3 is 4.90 Å². The number of benzene rings is 2. The van der Waals surface area contributed by atoms with E-state index in [0.717, 1.165) is 13.1 Å². The van der Waals surface area contributed by atoms with Gasteiger partial charge in [0.1, 0.15) is 5.88 Å². The fourth-order valence-corrected chi connectivity index (χ4v) is 2.74. The van der Waals surface area contributed by atoms with Crippen LogP contribution in [0.25, 0.3) is 10.8 Å². The van der Waals surface area contributed by atoms with E-state index in [2.05, 4.69) is 42.5 Å². The standard InChI is InChI=1S/C15H14ClNO/c16-8-15(18)17-9-12(10-17)14-7-3-5-11-4-1-2-6-13(11)14/h1-7,12H,8-10H2. The molecule has 0 atom stereocenters. The molecule has 2 aromatic carbocycles. The molecular formula is C15H14ClNO. The van der Waals surface area contributed by atoms with E-state index >= 15 is 0 Å². The van der Waals surface area contributed by atoms with Crippen molar-refractivity contribution in [1.29, 1.82) is 0 Å². The van der Waals surface area contributed by atoms with Crippen molar-refractivity contribution in [3.8, 4) is 0 Å². The highest BCUT2D eigenvalue weighted by Crippen LogP contribution is 2.32. The molecule has 2 aromatic rings. The maximum Gasteiger partial charge on any atom is 0.237 e. The Morgan fingerprint density at radius 3 is 2.67 bits per heavy atom. The normalized spacial score (nSPS) is 15.7. The number of fused-ring (bicyclic) bond motifs is 1. The van der Waals surface area contributed by atoms with Crippen LogP contribution >= 0.6 is 11.6 Å². The minimum Gasteiger partial charge on any atom is -0.340 e. The maximum atomic E-state index is 11.4. The van der Waals surface area contributed by atoms with Crippen LogP contribution < -0.4 is 0 Å². The topological polar surface area (TPSA) is 20.3 Å². The maximum absolute atomic E-state index is 11.4. The van der Waals surface area contributed by atoms with E-state index < -0.39 is 0 Å². The molecule has 0 saturated carbocycles. The van der Waals surface area contributed by atoms with E-state index in [-0.39, 0.29) is 11.8 Å². The first-order chi connectivity index (χ1) is 8.79. The second-order valence-electron chi connectivity index (χ2n) is 4.70. The Kier molecular flexibility index (Phi) is 2.96. The monoisotopic (exact) mass is 259 g/mol. The van der Waals surface area contributed by atoms with Crippen LogP contribution in [0.15, 0.2) is 42.5 Å². The highest BCUT2D eigenvalue weighted by atomic mass is 35.5.